The minimum atomic E-state index is -0.170. The van der Waals surface area contributed by atoms with Crippen LogP contribution in [0.1, 0.15) is 55.6 Å². The molecule has 0 heterocycles. The number of hydrogen-bond acceptors (Lipinski definition) is 1. The van der Waals surface area contributed by atoms with Gasteiger partial charge in [0.25, 0.3) is 0 Å². The highest BCUT2D eigenvalue weighted by Gasteiger charge is 2.22. The van der Waals surface area contributed by atoms with Gasteiger partial charge in [-0.2, -0.15) is 5.26 Å². The highest BCUT2D eigenvalue weighted by molar-refractivity contribution is 5.64. The molecule has 2 aromatic carbocycles. The Kier molecular flexibility index (Phi) is 5.64. The van der Waals surface area contributed by atoms with E-state index in [1.54, 1.807) is 0 Å². The van der Waals surface area contributed by atoms with Crippen LogP contribution in [-0.4, -0.2) is 6.67 Å². The molecule has 0 amide bonds. The van der Waals surface area contributed by atoms with Crippen molar-refractivity contribution in [1.82, 2.24) is 0 Å². The monoisotopic (exact) mass is 321 g/mol. The van der Waals surface area contributed by atoms with Crippen molar-refractivity contribution in [2.75, 3.05) is 6.67 Å². The van der Waals surface area contributed by atoms with Gasteiger partial charge in [-0.1, -0.05) is 36.4 Å². The lowest BCUT2D eigenvalue weighted by Gasteiger charge is -2.28. The van der Waals surface area contributed by atoms with Crippen LogP contribution in [-0.2, 0) is 0 Å². The Hall–Kier alpha value is -2.14. The first-order valence-electron chi connectivity index (χ1n) is 8.96. The zero-order valence-electron chi connectivity index (χ0n) is 14.0. The van der Waals surface area contributed by atoms with Crippen molar-refractivity contribution in [2.24, 2.45) is 5.92 Å². The fourth-order valence-corrected chi connectivity index (χ4v) is 3.84. The van der Waals surface area contributed by atoms with Gasteiger partial charge in [0.2, 0.25) is 0 Å². The summed E-state index contributed by atoms with van der Waals surface area (Å²) in [7, 11) is 0. The fourth-order valence-electron chi connectivity index (χ4n) is 3.84. The number of rotatable bonds is 5. The molecule has 0 aliphatic heterocycles. The van der Waals surface area contributed by atoms with Crippen LogP contribution in [0.5, 0.6) is 0 Å². The van der Waals surface area contributed by atoms with E-state index in [0.717, 1.165) is 24.3 Å². The highest BCUT2D eigenvalue weighted by Crippen LogP contribution is 2.38. The first-order valence-corrected chi connectivity index (χ1v) is 8.96. The molecule has 0 aromatic heterocycles. The number of nitrogens with zero attached hydrogens (tertiary/aromatic N) is 1. The van der Waals surface area contributed by atoms with Crippen LogP contribution in [0.4, 0.5) is 4.39 Å². The molecule has 1 aliphatic rings. The second-order valence-electron chi connectivity index (χ2n) is 6.86. The molecule has 0 spiro atoms. The summed E-state index contributed by atoms with van der Waals surface area (Å²) in [5.74, 6) is 1.39. The molecular weight excluding hydrogens is 297 g/mol. The molecule has 1 nitrogen and oxygen atoms in total. The van der Waals surface area contributed by atoms with Crippen LogP contribution in [0.3, 0.4) is 0 Å². The van der Waals surface area contributed by atoms with Crippen molar-refractivity contribution in [3.8, 4) is 17.2 Å². The second-order valence-corrected chi connectivity index (χ2v) is 6.86. The minimum Gasteiger partial charge on any atom is -0.251 e. The zero-order valence-corrected chi connectivity index (χ0v) is 14.0. The summed E-state index contributed by atoms with van der Waals surface area (Å²) in [5, 5.41) is 8.88. The predicted octanol–water partition coefficient (Wildman–Crippen LogP) is 6.25. The molecule has 0 N–H and O–H groups in total. The van der Waals surface area contributed by atoms with E-state index in [4.69, 9.17) is 5.26 Å². The molecule has 3 rings (SSSR count). The lowest BCUT2D eigenvalue weighted by molar-refractivity contribution is 0.293. The van der Waals surface area contributed by atoms with Crippen LogP contribution in [0.25, 0.3) is 11.1 Å². The highest BCUT2D eigenvalue weighted by atomic mass is 19.1. The van der Waals surface area contributed by atoms with Crippen molar-refractivity contribution in [1.29, 1.82) is 5.26 Å². The van der Waals surface area contributed by atoms with Gasteiger partial charge in [-0.05, 0) is 79.2 Å². The smallest absolute Gasteiger partial charge is 0.0991 e. The molecule has 1 aliphatic carbocycles. The molecule has 1 fully saturated rings. The van der Waals surface area contributed by atoms with Gasteiger partial charge in [0.1, 0.15) is 0 Å². The van der Waals surface area contributed by atoms with Gasteiger partial charge in [0, 0.05) is 0 Å². The Morgan fingerprint density at radius 2 is 1.46 bits per heavy atom. The van der Waals surface area contributed by atoms with Crippen molar-refractivity contribution in [3.63, 3.8) is 0 Å². The maximum absolute atomic E-state index is 12.3. The van der Waals surface area contributed by atoms with Crippen molar-refractivity contribution < 1.29 is 4.39 Å². The van der Waals surface area contributed by atoms with Crippen LogP contribution in [0, 0.1) is 17.2 Å². The topological polar surface area (TPSA) is 23.8 Å². The van der Waals surface area contributed by atoms with Gasteiger partial charge in [0.15, 0.2) is 0 Å². The third-order valence-electron chi connectivity index (χ3n) is 5.32. The van der Waals surface area contributed by atoms with Gasteiger partial charge in [-0.3, -0.25) is 4.39 Å². The largest absolute Gasteiger partial charge is 0.251 e. The Bertz CT molecular complexity index is 673. The van der Waals surface area contributed by atoms with Crippen LogP contribution >= 0.6 is 0 Å². The Morgan fingerprint density at radius 1 is 0.875 bits per heavy atom. The summed E-state index contributed by atoms with van der Waals surface area (Å²) in [6.45, 7) is -0.170. The van der Waals surface area contributed by atoms with Crippen LogP contribution in [0.15, 0.2) is 48.5 Å². The van der Waals surface area contributed by atoms with E-state index in [1.807, 2.05) is 24.3 Å². The number of alkyl halides is 1. The summed E-state index contributed by atoms with van der Waals surface area (Å²) in [6, 6.07) is 18.8. The van der Waals surface area contributed by atoms with E-state index in [1.165, 1.54) is 36.8 Å². The van der Waals surface area contributed by atoms with E-state index < -0.39 is 0 Å². The van der Waals surface area contributed by atoms with Crippen molar-refractivity contribution in [2.45, 2.75) is 44.4 Å². The Morgan fingerprint density at radius 3 is 2.00 bits per heavy atom. The third kappa shape index (κ3) is 4.03. The van der Waals surface area contributed by atoms with E-state index in [-0.39, 0.29) is 6.67 Å². The maximum Gasteiger partial charge on any atom is 0.0991 e. The lowest BCUT2D eigenvalue weighted by Crippen LogP contribution is -2.13. The van der Waals surface area contributed by atoms with Gasteiger partial charge >= 0.3 is 0 Å². The summed E-state index contributed by atoms with van der Waals surface area (Å²) >= 11 is 0. The van der Waals surface area contributed by atoms with E-state index in [0.29, 0.717) is 11.5 Å². The number of halogens is 1. The summed E-state index contributed by atoms with van der Waals surface area (Å²) in [6.07, 6.45) is 6.72. The van der Waals surface area contributed by atoms with Crippen molar-refractivity contribution in [3.05, 3.63) is 59.7 Å². The molecule has 1 saturated carbocycles. The first kappa shape index (κ1) is 16.7. The predicted molar refractivity (Wildman–Crippen MR) is 96.5 cm³/mol. The quantitative estimate of drug-likeness (QED) is 0.638. The molecule has 0 saturated heterocycles. The van der Waals surface area contributed by atoms with Gasteiger partial charge < -0.3 is 0 Å². The average Bonchev–Trinajstić information content (AvgIpc) is 2.67. The number of nitriles is 1. The van der Waals surface area contributed by atoms with E-state index in [9.17, 15) is 4.39 Å². The molecule has 0 radical (unpaired) electrons. The van der Waals surface area contributed by atoms with Crippen molar-refractivity contribution >= 4 is 0 Å². The fraction of sp³-hybridized carbons (Fsp3) is 0.409. The average molecular weight is 321 g/mol. The van der Waals surface area contributed by atoms with Gasteiger partial charge in [-0.25, -0.2) is 0 Å². The maximum atomic E-state index is 12.3. The molecule has 24 heavy (non-hydrogen) atoms. The van der Waals surface area contributed by atoms with E-state index in [2.05, 4.69) is 30.3 Å². The van der Waals surface area contributed by atoms with E-state index >= 15 is 0 Å². The molecule has 2 heteroatoms. The third-order valence-corrected chi connectivity index (χ3v) is 5.32. The lowest BCUT2D eigenvalue weighted by atomic mass is 9.77. The standard InChI is InChI=1S/C22H24FN/c23-15-1-2-17-3-7-19(8-4-17)21-11-13-22(14-12-21)20-9-5-18(16-24)6-10-20/h5-6,9-14,17,19H,1-4,7-8,15H2/t17-,19-. The normalized spacial score (nSPS) is 20.5. The second kappa shape index (κ2) is 8.11. The summed E-state index contributed by atoms with van der Waals surface area (Å²) in [4.78, 5) is 0. The minimum absolute atomic E-state index is 0.170. The Balaban J connectivity index is 1.61. The summed E-state index contributed by atoms with van der Waals surface area (Å²) < 4.78 is 12.3. The first-order chi connectivity index (χ1) is 11.8. The molecule has 0 atom stereocenters. The van der Waals surface area contributed by atoms with Gasteiger partial charge in [-0.15, -0.1) is 0 Å². The molecule has 124 valence electrons. The SMILES string of the molecule is N#Cc1ccc(-c2ccc([C@H]3CC[C@H](CCCF)CC3)cc2)cc1. The molecule has 0 bridgehead atoms. The Labute approximate surface area is 144 Å². The summed E-state index contributed by atoms with van der Waals surface area (Å²) in [5.41, 5.74) is 4.46. The van der Waals surface area contributed by atoms with Crippen LogP contribution in [0.2, 0.25) is 0 Å². The molecular formula is C22H24FN. The molecule has 2 aromatic rings. The van der Waals surface area contributed by atoms with Gasteiger partial charge in [0.05, 0.1) is 18.3 Å². The number of benzene rings is 2. The molecule has 0 unspecified atom stereocenters. The number of hydrogen-bond donors (Lipinski definition) is 0. The zero-order chi connectivity index (χ0) is 16.8. The van der Waals surface area contributed by atoms with Crippen LogP contribution < -0.4 is 0 Å².